The number of nitrogens with zero attached hydrogens (tertiary/aromatic N) is 2. The summed E-state index contributed by atoms with van der Waals surface area (Å²) in [6.07, 6.45) is 3.28. The molecule has 0 saturated carbocycles. The first-order valence-corrected chi connectivity index (χ1v) is 8.63. The summed E-state index contributed by atoms with van der Waals surface area (Å²) in [7, 11) is 1.59. The van der Waals surface area contributed by atoms with Gasteiger partial charge in [-0.3, -0.25) is 4.98 Å². The number of anilines is 2. The van der Waals surface area contributed by atoms with Gasteiger partial charge >= 0.3 is 0 Å². The van der Waals surface area contributed by atoms with Crippen molar-refractivity contribution < 1.29 is 14.2 Å². The van der Waals surface area contributed by atoms with Crippen LogP contribution in [0.4, 0.5) is 11.4 Å². The zero-order valence-electron chi connectivity index (χ0n) is 14.9. The van der Waals surface area contributed by atoms with Gasteiger partial charge < -0.3 is 25.3 Å². The van der Waals surface area contributed by atoms with Crippen LogP contribution in [0.3, 0.4) is 0 Å². The first-order valence-electron chi connectivity index (χ1n) is 8.63. The number of fused-ring (bicyclic) bond motifs is 1. The third-order valence-electron chi connectivity index (χ3n) is 4.22. The minimum Gasteiger partial charge on any atom is -0.486 e. The number of para-hydroxylation sites is 1. The van der Waals surface area contributed by atoms with Crippen LogP contribution in [0, 0.1) is 0 Å². The predicted octanol–water partition coefficient (Wildman–Crippen LogP) is 2.99. The van der Waals surface area contributed by atoms with Gasteiger partial charge in [0.2, 0.25) is 5.88 Å². The molecule has 0 amide bonds. The highest BCUT2D eigenvalue weighted by Gasteiger charge is 2.24. The molecule has 3 N–H and O–H groups in total. The fourth-order valence-electron chi connectivity index (χ4n) is 2.89. The minimum absolute atomic E-state index is 0.174. The van der Waals surface area contributed by atoms with Crippen molar-refractivity contribution in [1.82, 2.24) is 9.97 Å². The van der Waals surface area contributed by atoms with E-state index < -0.39 is 0 Å². The van der Waals surface area contributed by atoms with Crippen molar-refractivity contribution in [3.63, 3.8) is 0 Å². The summed E-state index contributed by atoms with van der Waals surface area (Å²) in [6, 6.07) is 13.3. The van der Waals surface area contributed by atoms with Crippen LogP contribution in [0.1, 0.15) is 0 Å². The molecule has 0 bridgehead atoms. The molecule has 7 nitrogen and oxygen atoms in total. The van der Waals surface area contributed by atoms with Gasteiger partial charge in [0.1, 0.15) is 18.4 Å². The van der Waals surface area contributed by atoms with Gasteiger partial charge in [0.25, 0.3) is 0 Å². The first-order chi connectivity index (χ1) is 13.3. The van der Waals surface area contributed by atoms with Crippen molar-refractivity contribution in [3.8, 4) is 28.6 Å². The van der Waals surface area contributed by atoms with Crippen LogP contribution in [0.25, 0.3) is 11.3 Å². The number of aromatic nitrogens is 2. The third-order valence-corrected chi connectivity index (χ3v) is 4.22. The van der Waals surface area contributed by atoms with Crippen LogP contribution in [-0.2, 0) is 0 Å². The van der Waals surface area contributed by atoms with Gasteiger partial charge in [-0.1, -0.05) is 6.07 Å². The fourth-order valence-corrected chi connectivity index (χ4v) is 2.89. The summed E-state index contributed by atoms with van der Waals surface area (Å²) < 4.78 is 17.3. The van der Waals surface area contributed by atoms with E-state index in [0.717, 1.165) is 22.6 Å². The second-order valence-corrected chi connectivity index (χ2v) is 6.04. The Morgan fingerprint density at radius 3 is 2.93 bits per heavy atom. The second kappa shape index (κ2) is 7.51. The molecule has 1 aromatic carbocycles. The minimum atomic E-state index is -0.174. The highest BCUT2D eigenvalue weighted by atomic mass is 16.6. The zero-order chi connectivity index (χ0) is 18.6. The molecule has 3 aromatic rings. The maximum Gasteiger partial charge on any atom is 0.238 e. The number of ether oxygens (including phenoxy) is 3. The van der Waals surface area contributed by atoms with E-state index in [4.69, 9.17) is 19.9 Å². The van der Waals surface area contributed by atoms with Crippen molar-refractivity contribution in [2.75, 3.05) is 25.6 Å². The third kappa shape index (κ3) is 3.50. The molecular weight excluding hydrogens is 344 g/mol. The Morgan fingerprint density at radius 2 is 2.15 bits per heavy atom. The molecule has 3 heterocycles. The number of hydrogen-bond acceptors (Lipinski definition) is 7. The number of methoxy groups -OCH3 is 1. The maximum absolute atomic E-state index is 6.01. The predicted molar refractivity (Wildman–Crippen MR) is 103 cm³/mol. The van der Waals surface area contributed by atoms with Crippen LogP contribution < -0.4 is 25.3 Å². The Bertz CT molecular complexity index is 934. The lowest BCUT2D eigenvalue weighted by atomic mass is 10.1. The molecule has 0 saturated heterocycles. The van der Waals surface area contributed by atoms with Gasteiger partial charge in [0.15, 0.2) is 11.5 Å². The average Bonchev–Trinajstić information content (AvgIpc) is 2.74. The lowest BCUT2D eigenvalue weighted by Gasteiger charge is -2.27. The van der Waals surface area contributed by atoms with Crippen LogP contribution in [0.2, 0.25) is 0 Å². The molecule has 138 valence electrons. The van der Waals surface area contributed by atoms with Gasteiger partial charge in [-0.15, -0.1) is 0 Å². The van der Waals surface area contributed by atoms with Crippen LogP contribution in [-0.4, -0.2) is 36.3 Å². The number of benzene rings is 1. The van der Waals surface area contributed by atoms with Crippen molar-refractivity contribution in [2.24, 2.45) is 5.73 Å². The topological polar surface area (TPSA) is 91.5 Å². The van der Waals surface area contributed by atoms with E-state index >= 15 is 0 Å². The summed E-state index contributed by atoms with van der Waals surface area (Å²) in [5.74, 6) is 1.82. The zero-order valence-corrected chi connectivity index (χ0v) is 14.9. The maximum atomic E-state index is 6.01. The molecule has 1 unspecified atom stereocenters. The Labute approximate surface area is 157 Å². The monoisotopic (exact) mass is 364 g/mol. The summed E-state index contributed by atoms with van der Waals surface area (Å²) in [5, 5.41) is 3.26. The number of nitrogens with one attached hydrogen (secondary N) is 1. The molecule has 4 rings (SSSR count). The van der Waals surface area contributed by atoms with Gasteiger partial charge in [-0.2, -0.15) is 0 Å². The van der Waals surface area contributed by atoms with Crippen molar-refractivity contribution >= 4 is 11.4 Å². The number of hydrogen-bond donors (Lipinski definition) is 2. The molecule has 7 heteroatoms. The summed E-state index contributed by atoms with van der Waals surface area (Å²) in [6.45, 7) is 0.830. The van der Waals surface area contributed by atoms with E-state index in [-0.39, 0.29) is 6.10 Å². The van der Waals surface area contributed by atoms with Crippen molar-refractivity contribution in [3.05, 3.63) is 54.9 Å². The summed E-state index contributed by atoms with van der Waals surface area (Å²) in [5.41, 5.74) is 8.89. The molecule has 0 spiro atoms. The normalized spacial score (nSPS) is 15.3. The van der Waals surface area contributed by atoms with E-state index in [0.29, 0.717) is 30.5 Å². The molecular formula is C20H20N4O3. The Balaban J connectivity index is 1.69. The molecule has 1 aliphatic rings. The number of rotatable bonds is 5. The van der Waals surface area contributed by atoms with Crippen molar-refractivity contribution in [2.45, 2.75) is 6.10 Å². The molecule has 1 aliphatic heterocycles. The largest absolute Gasteiger partial charge is 0.486 e. The highest BCUT2D eigenvalue weighted by Crippen LogP contribution is 2.41. The van der Waals surface area contributed by atoms with Gasteiger partial charge in [0.05, 0.1) is 24.7 Å². The first kappa shape index (κ1) is 17.1. The quantitative estimate of drug-likeness (QED) is 0.719. The van der Waals surface area contributed by atoms with Gasteiger partial charge in [-0.05, 0) is 36.4 Å². The van der Waals surface area contributed by atoms with Gasteiger partial charge in [0, 0.05) is 18.3 Å². The molecule has 0 fully saturated rings. The lowest BCUT2D eigenvalue weighted by molar-refractivity contribution is 0.0976. The smallest absolute Gasteiger partial charge is 0.238 e. The number of nitrogens with two attached hydrogens (primary N) is 1. The summed E-state index contributed by atoms with van der Waals surface area (Å²) >= 11 is 0. The van der Waals surface area contributed by atoms with Gasteiger partial charge in [-0.25, -0.2) is 4.98 Å². The standard InChI is InChI=1S/C20H20N4O3/c1-25-20-17(23-13-4-3-9-22-11-13)8-7-16(24-20)15-5-2-6-18-19(15)27-14(10-21)12-26-18/h2-9,11,14,23H,10,12,21H2,1H3. The van der Waals surface area contributed by atoms with Crippen LogP contribution in [0.15, 0.2) is 54.9 Å². The Morgan fingerprint density at radius 1 is 1.22 bits per heavy atom. The fraction of sp³-hybridized carbons (Fsp3) is 0.200. The van der Waals surface area contributed by atoms with Crippen molar-refractivity contribution in [1.29, 1.82) is 0 Å². The van der Waals surface area contributed by atoms with Crippen LogP contribution in [0.5, 0.6) is 17.4 Å². The highest BCUT2D eigenvalue weighted by molar-refractivity contribution is 5.74. The van der Waals surface area contributed by atoms with E-state index in [2.05, 4.69) is 15.3 Å². The Hall–Kier alpha value is -3.32. The van der Waals surface area contributed by atoms with E-state index in [1.807, 2.05) is 42.5 Å². The molecule has 0 aliphatic carbocycles. The molecule has 0 radical (unpaired) electrons. The van der Waals surface area contributed by atoms with E-state index in [1.165, 1.54) is 0 Å². The van der Waals surface area contributed by atoms with E-state index in [9.17, 15) is 0 Å². The summed E-state index contributed by atoms with van der Waals surface area (Å²) in [4.78, 5) is 8.75. The number of pyridine rings is 2. The lowest BCUT2D eigenvalue weighted by Crippen LogP contribution is -2.35. The SMILES string of the molecule is COc1nc(-c2cccc3c2OC(CN)CO3)ccc1Nc1cccnc1. The van der Waals surface area contributed by atoms with Crippen LogP contribution >= 0.6 is 0 Å². The molecule has 1 atom stereocenters. The molecule has 2 aromatic heterocycles. The Kier molecular flexibility index (Phi) is 4.76. The molecule has 27 heavy (non-hydrogen) atoms. The average molecular weight is 364 g/mol. The second-order valence-electron chi connectivity index (χ2n) is 6.04. The van der Waals surface area contributed by atoms with E-state index in [1.54, 1.807) is 19.5 Å².